The lowest BCUT2D eigenvalue weighted by Gasteiger charge is -2.23. The van der Waals surface area contributed by atoms with E-state index in [0.717, 1.165) is 43.7 Å². The number of rotatable bonds is 6. The van der Waals surface area contributed by atoms with Crippen molar-refractivity contribution < 1.29 is 19.0 Å². The first kappa shape index (κ1) is 14.8. The van der Waals surface area contributed by atoms with E-state index >= 15 is 0 Å². The number of hydrogen-bond acceptors (Lipinski definition) is 4. The standard InChI is InChI=1S/C16H22FNO3/c17-13-4-3-12-5-6-18(16(12)8-13)9-14(19)10-20-11-15-2-1-7-21-15/h3-4,8,14-15,19H,1-2,5-7,9-11H2/t14-,15+/m0/s1. The van der Waals surface area contributed by atoms with Gasteiger partial charge in [0.1, 0.15) is 5.82 Å². The SMILES string of the molecule is O[C@H](COC[C@H]1CCCO1)CN1CCc2ccc(F)cc21. The Kier molecular flexibility index (Phi) is 4.73. The Labute approximate surface area is 124 Å². The quantitative estimate of drug-likeness (QED) is 0.868. The van der Waals surface area contributed by atoms with Crippen LogP contribution in [0.1, 0.15) is 18.4 Å². The number of ether oxygens (including phenoxy) is 2. The van der Waals surface area contributed by atoms with Gasteiger partial charge in [0, 0.05) is 25.4 Å². The third-order valence-corrected chi connectivity index (χ3v) is 4.11. The molecule has 0 aromatic heterocycles. The predicted molar refractivity (Wildman–Crippen MR) is 78.1 cm³/mol. The zero-order chi connectivity index (χ0) is 14.7. The van der Waals surface area contributed by atoms with Gasteiger partial charge in [-0.25, -0.2) is 4.39 Å². The lowest BCUT2D eigenvalue weighted by Crippen LogP contribution is -2.34. The molecule has 5 heteroatoms. The molecule has 4 nitrogen and oxygen atoms in total. The number of benzene rings is 1. The molecule has 116 valence electrons. The van der Waals surface area contributed by atoms with Crippen molar-refractivity contribution in [3.63, 3.8) is 0 Å². The number of hydrogen-bond donors (Lipinski definition) is 1. The normalized spacial score (nSPS) is 22.6. The number of β-amino-alcohol motifs (C(OH)–C–C–N with tert-alkyl or cyclic N) is 1. The Morgan fingerprint density at radius 1 is 1.48 bits per heavy atom. The number of fused-ring (bicyclic) bond motifs is 1. The first-order valence-electron chi connectivity index (χ1n) is 7.63. The molecule has 2 aliphatic rings. The van der Waals surface area contributed by atoms with E-state index in [1.807, 2.05) is 11.0 Å². The van der Waals surface area contributed by atoms with Crippen molar-refractivity contribution in [2.45, 2.75) is 31.5 Å². The molecule has 0 bridgehead atoms. The van der Waals surface area contributed by atoms with Crippen LogP contribution in [-0.2, 0) is 15.9 Å². The van der Waals surface area contributed by atoms with E-state index in [1.54, 1.807) is 6.07 Å². The average molecular weight is 295 g/mol. The molecule has 2 atom stereocenters. The average Bonchev–Trinajstić information content (AvgIpc) is 3.09. The summed E-state index contributed by atoms with van der Waals surface area (Å²) in [6, 6.07) is 4.86. The van der Waals surface area contributed by atoms with Crippen molar-refractivity contribution in [1.29, 1.82) is 0 Å². The summed E-state index contributed by atoms with van der Waals surface area (Å²) in [6.07, 6.45) is 2.64. The number of anilines is 1. The molecule has 0 radical (unpaired) electrons. The fraction of sp³-hybridized carbons (Fsp3) is 0.625. The number of aliphatic hydroxyl groups is 1. The zero-order valence-corrected chi connectivity index (χ0v) is 12.1. The van der Waals surface area contributed by atoms with Crippen LogP contribution in [0.2, 0.25) is 0 Å². The van der Waals surface area contributed by atoms with Crippen molar-refractivity contribution in [1.82, 2.24) is 0 Å². The van der Waals surface area contributed by atoms with Crippen molar-refractivity contribution in [3.05, 3.63) is 29.6 Å². The van der Waals surface area contributed by atoms with Crippen LogP contribution in [0.3, 0.4) is 0 Å². The maximum atomic E-state index is 13.3. The summed E-state index contributed by atoms with van der Waals surface area (Å²) >= 11 is 0. The van der Waals surface area contributed by atoms with Crippen LogP contribution in [0.5, 0.6) is 0 Å². The Bertz CT molecular complexity index is 477. The van der Waals surface area contributed by atoms with Crippen LogP contribution in [0.4, 0.5) is 10.1 Å². The molecule has 21 heavy (non-hydrogen) atoms. The van der Waals surface area contributed by atoms with Gasteiger partial charge in [0.05, 0.1) is 25.4 Å². The van der Waals surface area contributed by atoms with Gasteiger partial charge in [-0.15, -0.1) is 0 Å². The highest BCUT2D eigenvalue weighted by molar-refractivity contribution is 5.58. The molecule has 1 N–H and O–H groups in total. The molecule has 2 heterocycles. The van der Waals surface area contributed by atoms with Crippen molar-refractivity contribution in [2.75, 3.05) is 37.8 Å². The second-order valence-electron chi connectivity index (χ2n) is 5.80. The van der Waals surface area contributed by atoms with Gasteiger partial charge < -0.3 is 19.5 Å². The molecular formula is C16H22FNO3. The van der Waals surface area contributed by atoms with Gasteiger partial charge in [-0.1, -0.05) is 6.07 Å². The van der Waals surface area contributed by atoms with Crippen LogP contribution in [0.25, 0.3) is 0 Å². The minimum atomic E-state index is -0.569. The van der Waals surface area contributed by atoms with Crippen LogP contribution in [0.15, 0.2) is 18.2 Å². The monoisotopic (exact) mass is 295 g/mol. The fourth-order valence-electron chi connectivity index (χ4n) is 3.03. The van der Waals surface area contributed by atoms with E-state index in [-0.39, 0.29) is 11.9 Å². The fourth-order valence-corrected chi connectivity index (χ4v) is 3.03. The van der Waals surface area contributed by atoms with E-state index in [9.17, 15) is 9.50 Å². The summed E-state index contributed by atoms with van der Waals surface area (Å²) in [6.45, 7) is 2.94. The highest BCUT2D eigenvalue weighted by atomic mass is 19.1. The van der Waals surface area contributed by atoms with Crippen LogP contribution in [0, 0.1) is 5.82 Å². The van der Waals surface area contributed by atoms with E-state index in [2.05, 4.69) is 0 Å². The van der Waals surface area contributed by atoms with Gasteiger partial charge in [0.15, 0.2) is 0 Å². The van der Waals surface area contributed by atoms with Crippen molar-refractivity contribution in [3.8, 4) is 0 Å². The van der Waals surface area contributed by atoms with Crippen LogP contribution in [-0.4, -0.2) is 50.2 Å². The number of halogens is 1. The topological polar surface area (TPSA) is 41.9 Å². The van der Waals surface area contributed by atoms with Crippen molar-refractivity contribution in [2.24, 2.45) is 0 Å². The lowest BCUT2D eigenvalue weighted by atomic mass is 10.2. The lowest BCUT2D eigenvalue weighted by molar-refractivity contribution is -0.0149. The molecule has 0 unspecified atom stereocenters. The Hall–Kier alpha value is -1.17. The largest absolute Gasteiger partial charge is 0.389 e. The van der Waals surface area contributed by atoms with Crippen LogP contribution < -0.4 is 4.90 Å². The highest BCUT2D eigenvalue weighted by Crippen LogP contribution is 2.28. The molecular weight excluding hydrogens is 273 g/mol. The minimum Gasteiger partial charge on any atom is -0.389 e. The second kappa shape index (κ2) is 6.73. The van der Waals surface area contributed by atoms with E-state index < -0.39 is 6.10 Å². The third-order valence-electron chi connectivity index (χ3n) is 4.11. The Balaban J connectivity index is 1.45. The highest BCUT2D eigenvalue weighted by Gasteiger charge is 2.22. The molecule has 0 amide bonds. The number of nitrogens with zero attached hydrogens (tertiary/aromatic N) is 1. The molecule has 1 fully saturated rings. The third kappa shape index (κ3) is 3.73. The van der Waals surface area contributed by atoms with Gasteiger partial charge in [-0.2, -0.15) is 0 Å². The van der Waals surface area contributed by atoms with Gasteiger partial charge in [-0.05, 0) is 37.0 Å². The minimum absolute atomic E-state index is 0.179. The van der Waals surface area contributed by atoms with E-state index in [1.165, 1.54) is 6.07 Å². The molecule has 1 aromatic carbocycles. The second-order valence-corrected chi connectivity index (χ2v) is 5.80. The first-order chi connectivity index (χ1) is 10.2. The van der Waals surface area contributed by atoms with Gasteiger partial charge in [0.25, 0.3) is 0 Å². The molecule has 3 rings (SSSR count). The summed E-state index contributed by atoms with van der Waals surface area (Å²) in [4.78, 5) is 2.03. The smallest absolute Gasteiger partial charge is 0.125 e. The maximum Gasteiger partial charge on any atom is 0.125 e. The number of aliphatic hydroxyl groups excluding tert-OH is 1. The van der Waals surface area contributed by atoms with Gasteiger partial charge in [-0.3, -0.25) is 0 Å². The summed E-state index contributed by atoms with van der Waals surface area (Å²) in [5.74, 6) is -0.232. The maximum absolute atomic E-state index is 13.3. The molecule has 0 spiro atoms. The van der Waals surface area contributed by atoms with E-state index in [0.29, 0.717) is 19.8 Å². The molecule has 2 aliphatic heterocycles. The predicted octanol–water partition coefficient (Wildman–Crippen LogP) is 1.74. The molecule has 1 saturated heterocycles. The molecule has 0 aliphatic carbocycles. The van der Waals surface area contributed by atoms with Gasteiger partial charge in [0.2, 0.25) is 0 Å². The summed E-state index contributed by atoms with van der Waals surface area (Å²) in [5, 5.41) is 10.1. The van der Waals surface area contributed by atoms with Crippen molar-refractivity contribution >= 4 is 5.69 Å². The van der Waals surface area contributed by atoms with E-state index in [4.69, 9.17) is 9.47 Å². The first-order valence-corrected chi connectivity index (χ1v) is 7.63. The zero-order valence-electron chi connectivity index (χ0n) is 12.1. The summed E-state index contributed by atoms with van der Waals surface area (Å²) < 4.78 is 24.3. The van der Waals surface area contributed by atoms with Crippen LogP contribution >= 0.6 is 0 Å². The molecule has 0 saturated carbocycles. The summed E-state index contributed by atoms with van der Waals surface area (Å²) in [5.41, 5.74) is 2.04. The molecule has 1 aromatic rings. The Morgan fingerprint density at radius 2 is 2.38 bits per heavy atom. The van der Waals surface area contributed by atoms with Gasteiger partial charge >= 0.3 is 0 Å². The summed E-state index contributed by atoms with van der Waals surface area (Å²) in [7, 11) is 0. The Morgan fingerprint density at radius 3 is 3.19 bits per heavy atom.